The Hall–Kier alpha value is -1.95. The molecular formula is C26H36O4Si. The molecule has 1 heterocycles. The minimum Gasteiger partial charge on any atom is -0.469 e. The van der Waals surface area contributed by atoms with Crippen molar-refractivity contribution in [2.75, 3.05) is 13.7 Å². The number of benzene rings is 2. The predicted molar refractivity (Wildman–Crippen MR) is 127 cm³/mol. The monoisotopic (exact) mass is 440 g/mol. The third-order valence-corrected chi connectivity index (χ3v) is 11.4. The van der Waals surface area contributed by atoms with E-state index in [1.807, 2.05) is 0 Å². The fourth-order valence-corrected chi connectivity index (χ4v) is 9.47. The molecule has 0 spiro atoms. The first-order chi connectivity index (χ1) is 14.8. The highest BCUT2D eigenvalue weighted by Gasteiger charge is 2.51. The fourth-order valence-electron chi connectivity index (χ4n) is 4.90. The van der Waals surface area contributed by atoms with Crippen LogP contribution in [-0.2, 0) is 18.7 Å². The Kier molecular flexibility index (Phi) is 7.73. The minimum absolute atomic E-state index is 0.0127. The van der Waals surface area contributed by atoms with Crippen LogP contribution in [0.5, 0.6) is 0 Å². The molecule has 3 atom stereocenters. The quantitative estimate of drug-likeness (QED) is 0.453. The molecule has 31 heavy (non-hydrogen) atoms. The lowest BCUT2D eigenvalue weighted by Gasteiger charge is -2.43. The molecule has 5 heteroatoms. The van der Waals surface area contributed by atoms with E-state index in [9.17, 15) is 4.79 Å². The molecule has 3 rings (SSSR count). The fraction of sp³-hybridized carbons (Fsp3) is 0.500. The summed E-state index contributed by atoms with van der Waals surface area (Å²) in [6.07, 6.45) is 2.31. The standard InChI is InChI=1S/C26H36O4Si/c1-20-18-21(16-17-25(27)28-5)24(30-20)19-29-31(26(2,3)4,22-12-8-6-9-13-22)23-14-10-7-11-15-23/h6-15,20-21,24H,16-19H2,1-5H3/t20-,21+,24-/m1/s1. The molecule has 0 radical (unpaired) electrons. The smallest absolute Gasteiger partial charge is 0.305 e. The third kappa shape index (κ3) is 5.28. The van der Waals surface area contributed by atoms with E-state index in [1.54, 1.807) is 0 Å². The van der Waals surface area contributed by atoms with Crippen LogP contribution < -0.4 is 10.4 Å². The Morgan fingerprint density at radius 1 is 1.03 bits per heavy atom. The molecule has 0 unspecified atom stereocenters. The predicted octanol–water partition coefficient (Wildman–Crippen LogP) is 4.31. The van der Waals surface area contributed by atoms with E-state index in [0.29, 0.717) is 18.9 Å². The van der Waals surface area contributed by atoms with Crippen LogP contribution in [0.15, 0.2) is 60.7 Å². The van der Waals surface area contributed by atoms with Gasteiger partial charge in [-0.05, 0) is 41.1 Å². The van der Waals surface area contributed by atoms with Gasteiger partial charge in [0.05, 0.1) is 25.9 Å². The molecular weight excluding hydrogens is 404 g/mol. The molecule has 1 aliphatic heterocycles. The zero-order valence-electron chi connectivity index (χ0n) is 19.5. The molecule has 2 aromatic carbocycles. The lowest BCUT2D eigenvalue weighted by Crippen LogP contribution is -2.67. The van der Waals surface area contributed by atoms with Gasteiger partial charge in [0.1, 0.15) is 0 Å². The van der Waals surface area contributed by atoms with Crippen LogP contribution in [0.3, 0.4) is 0 Å². The van der Waals surface area contributed by atoms with Crippen molar-refractivity contribution < 1.29 is 18.7 Å². The Balaban J connectivity index is 1.91. The molecule has 0 bridgehead atoms. The van der Waals surface area contributed by atoms with E-state index >= 15 is 0 Å². The molecule has 2 aromatic rings. The molecule has 0 N–H and O–H groups in total. The van der Waals surface area contributed by atoms with Crippen LogP contribution in [0.4, 0.5) is 0 Å². The van der Waals surface area contributed by atoms with E-state index in [0.717, 1.165) is 12.8 Å². The zero-order valence-corrected chi connectivity index (χ0v) is 20.5. The second kappa shape index (κ2) is 10.1. The van der Waals surface area contributed by atoms with Gasteiger partial charge in [-0.3, -0.25) is 4.79 Å². The van der Waals surface area contributed by atoms with Gasteiger partial charge in [0.2, 0.25) is 0 Å². The summed E-state index contributed by atoms with van der Waals surface area (Å²) in [7, 11) is -1.15. The highest BCUT2D eigenvalue weighted by Crippen LogP contribution is 2.38. The number of esters is 1. The summed E-state index contributed by atoms with van der Waals surface area (Å²) < 4.78 is 18.2. The summed E-state index contributed by atoms with van der Waals surface area (Å²) in [4.78, 5) is 11.7. The van der Waals surface area contributed by atoms with Gasteiger partial charge >= 0.3 is 5.97 Å². The second-order valence-electron chi connectivity index (χ2n) is 9.57. The number of hydrogen-bond donors (Lipinski definition) is 0. The van der Waals surface area contributed by atoms with Crippen LogP contribution in [0.2, 0.25) is 5.04 Å². The van der Waals surface area contributed by atoms with Crippen molar-refractivity contribution in [1.29, 1.82) is 0 Å². The number of methoxy groups -OCH3 is 1. The van der Waals surface area contributed by atoms with Crippen LogP contribution in [0.25, 0.3) is 0 Å². The molecule has 1 saturated heterocycles. The van der Waals surface area contributed by atoms with E-state index in [2.05, 4.69) is 88.4 Å². The van der Waals surface area contributed by atoms with Crippen molar-refractivity contribution in [2.24, 2.45) is 5.92 Å². The number of hydrogen-bond acceptors (Lipinski definition) is 4. The van der Waals surface area contributed by atoms with Gasteiger partial charge in [-0.15, -0.1) is 0 Å². The first-order valence-electron chi connectivity index (χ1n) is 11.2. The number of carbonyl (C=O) groups is 1. The highest BCUT2D eigenvalue weighted by molar-refractivity contribution is 6.99. The summed E-state index contributed by atoms with van der Waals surface area (Å²) >= 11 is 0. The van der Waals surface area contributed by atoms with Gasteiger partial charge in [-0.25, -0.2) is 0 Å². The maximum absolute atomic E-state index is 11.7. The topological polar surface area (TPSA) is 44.8 Å². The molecule has 1 aliphatic rings. The largest absolute Gasteiger partial charge is 0.469 e. The molecule has 0 aliphatic carbocycles. The van der Waals surface area contributed by atoms with Gasteiger partial charge in [-0.1, -0.05) is 81.4 Å². The van der Waals surface area contributed by atoms with Gasteiger partial charge in [-0.2, -0.15) is 0 Å². The SMILES string of the molecule is COC(=O)CC[C@H]1C[C@@H](C)O[C@@H]1CO[Si](c1ccccc1)(c1ccccc1)C(C)(C)C. The number of rotatable bonds is 8. The average molecular weight is 441 g/mol. The molecule has 4 nitrogen and oxygen atoms in total. The normalized spacial score (nSPS) is 21.8. The summed E-state index contributed by atoms with van der Waals surface area (Å²) in [6.45, 7) is 9.49. The first kappa shape index (κ1) is 23.7. The van der Waals surface area contributed by atoms with Crippen molar-refractivity contribution in [2.45, 2.75) is 64.2 Å². The Morgan fingerprint density at radius 3 is 2.06 bits per heavy atom. The van der Waals surface area contributed by atoms with E-state index in [-0.39, 0.29) is 23.2 Å². The summed E-state index contributed by atoms with van der Waals surface area (Å²) in [6, 6.07) is 21.3. The van der Waals surface area contributed by atoms with Gasteiger partial charge in [0, 0.05) is 6.42 Å². The third-order valence-electron chi connectivity index (χ3n) is 6.40. The Labute approximate surface area is 188 Å². The minimum atomic E-state index is -2.59. The maximum atomic E-state index is 11.7. The number of carbonyl (C=O) groups excluding carboxylic acids is 1. The van der Waals surface area contributed by atoms with Crippen molar-refractivity contribution >= 4 is 24.7 Å². The van der Waals surface area contributed by atoms with Crippen LogP contribution in [0, 0.1) is 5.92 Å². The molecule has 1 fully saturated rings. The van der Waals surface area contributed by atoms with Crippen LogP contribution in [0.1, 0.15) is 47.0 Å². The van der Waals surface area contributed by atoms with Gasteiger partial charge in [0.15, 0.2) is 0 Å². The highest BCUT2D eigenvalue weighted by atomic mass is 28.4. The van der Waals surface area contributed by atoms with E-state index in [4.69, 9.17) is 13.9 Å². The second-order valence-corrected chi connectivity index (χ2v) is 13.9. The Morgan fingerprint density at radius 2 is 1.58 bits per heavy atom. The lowest BCUT2D eigenvalue weighted by molar-refractivity contribution is -0.141. The van der Waals surface area contributed by atoms with Crippen LogP contribution >= 0.6 is 0 Å². The van der Waals surface area contributed by atoms with Crippen molar-refractivity contribution in [1.82, 2.24) is 0 Å². The summed E-state index contributed by atoms with van der Waals surface area (Å²) in [5.41, 5.74) is 0. The molecule has 0 aromatic heterocycles. The average Bonchev–Trinajstić information content (AvgIpc) is 3.12. The van der Waals surface area contributed by atoms with Crippen molar-refractivity contribution in [3.05, 3.63) is 60.7 Å². The molecule has 168 valence electrons. The van der Waals surface area contributed by atoms with Crippen LogP contribution in [-0.4, -0.2) is 40.2 Å². The first-order valence-corrected chi connectivity index (χ1v) is 13.2. The van der Waals surface area contributed by atoms with Gasteiger partial charge < -0.3 is 13.9 Å². The summed E-state index contributed by atoms with van der Waals surface area (Å²) in [5.74, 6) is 0.138. The number of ether oxygens (including phenoxy) is 2. The van der Waals surface area contributed by atoms with Crippen molar-refractivity contribution in [3.63, 3.8) is 0 Å². The van der Waals surface area contributed by atoms with Gasteiger partial charge in [0.25, 0.3) is 8.32 Å². The zero-order chi connectivity index (χ0) is 22.5. The maximum Gasteiger partial charge on any atom is 0.305 e. The van der Waals surface area contributed by atoms with E-state index < -0.39 is 8.32 Å². The van der Waals surface area contributed by atoms with Crippen molar-refractivity contribution in [3.8, 4) is 0 Å². The Bertz CT molecular complexity index is 792. The lowest BCUT2D eigenvalue weighted by atomic mass is 9.95. The molecule has 0 saturated carbocycles. The summed E-state index contributed by atoms with van der Waals surface area (Å²) in [5, 5.41) is 2.47. The molecule has 0 amide bonds. The van der Waals surface area contributed by atoms with E-state index in [1.165, 1.54) is 17.5 Å².